The minimum Gasteiger partial charge on any atom is -0.456 e. The monoisotopic (exact) mass is 1820 g/mol. The first kappa shape index (κ1) is 87.6. The molecule has 22 aromatic rings. The molecule has 1 spiro atoms. The number of fused-ring (bicyclic) bond motifs is 24. The molecule has 4 aromatic heterocycles. The molecule has 140 heavy (non-hydrogen) atoms. The van der Waals surface area contributed by atoms with Gasteiger partial charge in [0.1, 0.15) is 44.7 Å². The Balaban J connectivity index is 0.000000152. The van der Waals surface area contributed by atoms with Gasteiger partial charge in [-0.2, -0.15) is 0 Å². The van der Waals surface area contributed by atoms with Crippen LogP contribution in [0.5, 0.6) is 0 Å². The van der Waals surface area contributed by atoms with Crippen molar-refractivity contribution in [2.24, 2.45) is 11.8 Å². The highest BCUT2D eigenvalue weighted by molar-refractivity contribution is 6.22. The second-order valence-corrected chi connectivity index (χ2v) is 44.3. The Hall–Kier alpha value is -15.1. The summed E-state index contributed by atoms with van der Waals surface area (Å²) >= 11 is 0. The first-order valence-corrected chi connectivity index (χ1v) is 50.2. The minimum absolute atomic E-state index is 0.00323. The number of furan rings is 4. The van der Waals surface area contributed by atoms with E-state index in [0.717, 1.165) is 182 Å². The predicted octanol–water partition coefficient (Wildman–Crippen LogP) is 38.8. The third-order valence-electron chi connectivity index (χ3n) is 31.2. The number of hydrogen-bond acceptors (Lipinski definition) is 8. The van der Waals surface area contributed by atoms with E-state index in [1.54, 1.807) is 0 Å². The molecular formula is C132H118N4O4. The maximum Gasteiger partial charge on any atom is 0.145 e. The van der Waals surface area contributed by atoms with Gasteiger partial charge in [0.05, 0.1) is 22.1 Å². The number of para-hydroxylation sites is 4. The Kier molecular flexibility index (Phi) is 20.5. The Morgan fingerprint density at radius 1 is 0.236 bits per heavy atom. The maximum atomic E-state index is 7.26. The van der Waals surface area contributed by atoms with Crippen molar-refractivity contribution < 1.29 is 17.7 Å². The van der Waals surface area contributed by atoms with Gasteiger partial charge in [0.15, 0.2) is 0 Å². The minimum atomic E-state index is -0.362. The third kappa shape index (κ3) is 14.3. The maximum absolute atomic E-state index is 7.26. The van der Waals surface area contributed by atoms with Gasteiger partial charge in [0.2, 0.25) is 0 Å². The van der Waals surface area contributed by atoms with Crippen LogP contribution in [0.3, 0.4) is 0 Å². The Labute approximate surface area is 820 Å². The normalized spacial score (nSPS) is 14.0. The van der Waals surface area contributed by atoms with Crippen molar-refractivity contribution in [2.75, 3.05) is 19.6 Å². The molecule has 0 N–H and O–H groups in total. The molecule has 0 aliphatic heterocycles. The molecule has 4 heterocycles. The molecule has 3 aliphatic carbocycles. The van der Waals surface area contributed by atoms with Crippen LogP contribution < -0.4 is 19.6 Å². The van der Waals surface area contributed by atoms with Crippen molar-refractivity contribution in [3.63, 3.8) is 0 Å². The SMILES string of the molecule is CC(C)(C)c1ccc(N(c2ccc3c(c2)C2(CCCC2)c2cc(N(c4ccc(C(C)(C)C)cc4)c4ccc5c(c4)oc4ccccc45)c4c(oc5ccccc54)c2-3)c2ccc3c(c2)oc2ccccc23)cc1.CC(C)C1(C(C)C)c2cc(N(c3ccc(C(C)(C)C)cc3)c3ccc4ccccc4c3)ccc2-c2c1cc(N(c1ccc(C(C)(C)C)cc1)c1ccc3ccccc3c1)c1c2oc2ccccc21. The Morgan fingerprint density at radius 3 is 0.936 bits per heavy atom. The molecule has 8 nitrogen and oxygen atoms in total. The van der Waals surface area contributed by atoms with Gasteiger partial charge in [0.25, 0.3) is 0 Å². The van der Waals surface area contributed by atoms with Gasteiger partial charge in [-0.15, -0.1) is 0 Å². The van der Waals surface area contributed by atoms with E-state index in [-0.39, 0.29) is 44.3 Å². The van der Waals surface area contributed by atoms with Crippen molar-refractivity contribution >= 4 is 178 Å². The molecule has 1 fully saturated rings. The molecule has 0 saturated heterocycles. The van der Waals surface area contributed by atoms with E-state index < -0.39 is 0 Å². The standard InChI is InChI=1S/C67H56N2O3.C65H62N2O/c1-65(2,3)41-21-25-43(26-22-41)68(46-29-32-50-48-15-7-10-18-57(48)70-60(50)38-46)45-31-34-52-54(37-45)67(35-13-14-36-67)55-40-56(63-53-17-9-12-20-59(53)72-64(63)62(52)55)69(44-27-23-42(24-28-44)66(4,5)6)47-30-33-51-49-16-8-11-19-58(49)71-61(51)39-47;1-41(2)65(42(3)4)56-39-53(66(49-31-25-47(26-32-49)63(5,6)7)51-29-23-43-17-11-13-19-45(43)37-51)35-36-54(56)60-57(65)40-58(61-55-21-15-16-22-59(55)68-62(60)61)67(50-33-27-48(28-34-50)64(8,9)10)52-30-24-44-18-12-14-20-46(44)38-52/h7-12,15-34,37-40H,13-14,35-36H2,1-6H3;11-42H,1-10H3. The lowest BCUT2D eigenvalue weighted by Crippen LogP contribution is -2.37. The van der Waals surface area contributed by atoms with Crippen LogP contribution in [0.4, 0.5) is 68.2 Å². The number of rotatable bonds is 14. The first-order valence-electron chi connectivity index (χ1n) is 50.2. The van der Waals surface area contributed by atoms with Gasteiger partial charge < -0.3 is 37.3 Å². The molecule has 0 unspecified atom stereocenters. The van der Waals surface area contributed by atoms with E-state index in [9.17, 15) is 0 Å². The van der Waals surface area contributed by atoms with Crippen molar-refractivity contribution in [1.82, 2.24) is 0 Å². The molecule has 0 radical (unpaired) electrons. The number of anilines is 12. The summed E-state index contributed by atoms with van der Waals surface area (Å²) in [5.41, 5.74) is 35.5. The molecule has 3 aliphatic rings. The van der Waals surface area contributed by atoms with Crippen molar-refractivity contribution in [3.05, 3.63) is 408 Å². The number of hydrogen-bond donors (Lipinski definition) is 0. The molecular weight excluding hydrogens is 1710 g/mol. The fourth-order valence-electron chi connectivity index (χ4n) is 24.1. The highest BCUT2D eigenvalue weighted by Crippen LogP contribution is 2.65. The molecule has 0 amide bonds. The largest absolute Gasteiger partial charge is 0.456 e. The van der Waals surface area contributed by atoms with Gasteiger partial charge in [-0.1, -0.05) is 318 Å². The molecule has 18 aromatic carbocycles. The molecule has 8 heteroatoms. The fourth-order valence-corrected chi connectivity index (χ4v) is 24.1. The van der Waals surface area contributed by atoms with E-state index >= 15 is 0 Å². The van der Waals surface area contributed by atoms with Crippen molar-refractivity contribution in [2.45, 2.75) is 169 Å². The highest BCUT2D eigenvalue weighted by atomic mass is 16.3. The van der Waals surface area contributed by atoms with Crippen LogP contribution in [0.2, 0.25) is 0 Å². The lowest BCUT2D eigenvalue weighted by Gasteiger charge is -2.41. The molecule has 690 valence electrons. The molecule has 0 bridgehead atoms. The summed E-state index contributed by atoms with van der Waals surface area (Å²) in [7, 11) is 0. The summed E-state index contributed by atoms with van der Waals surface area (Å²) < 4.78 is 27.7. The topological polar surface area (TPSA) is 65.5 Å². The van der Waals surface area contributed by atoms with Crippen LogP contribution in [-0.4, -0.2) is 0 Å². The zero-order valence-electron chi connectivity index (χ0n) is 83.0. The zero-order chi connectivity index (χ0) is 96.0. The van der Waals surface area contributed by atoms with Crippen molar-refractivity contribution in [1.29, 1.82) is 0 Å². The van der Waals surface area contributed by atoms with E-state index in [0.29, 0.717) is 0 Å². The Bertz CT molecular complexity index is 8670. The van der Waals surface area contributed by atoms with E-state index in [2.05, 4.69) is 482 Å². The van der Waals surface area contributed by atoms with E-state index in [1.165, 1.54) is 88.3 Å². The Morgan fingerprint density at radius 2 is 0.529 bits per heavy atom. The van der Waals surface area contributed by atoms with E-state index in [4.69, 9.17) is 17.7 Å². The van der Waals surface area contributed by atoms with Gasteiger partial charge in [-0.25, -0.2) is 0 Å². The summed E-state index contributed by atoms with van der Waals surface area (Å²) in [6, 6.07) is 135. The van der Waals surface area contributed by atoms with Gasteiger partial charge in [-0.3, -0.25) is 0 Å². The van der Waals surface area contributed by atoms with Crippen LogP contribution in [0, 0.1) is 11.8 Å². The summed E-state index contributed by atoms with van der Waals surface area (Å²) in [5, 5.41) is 13.8. The van der Waals surface area contributed by atoms with Crippen LogP contribution in [-0.2, 0) is 32.5 Å². The summed E-state index contributed by atoms with van der Waals surface area (Å²) in [4.78, 5) is 9.83. The zero-order valence-corrected chi connectivity index (χ0v) is 83.0. The van der Waals surface area contributed by atoms with Crippen molar-refractivity contribution in [3.8, 4) is 22.3 Å². The highest BCUT2D eigenvalue weighted by Gasteiger charge is 2.52. The summed E-state index contributed by atoms with van der Waals surface area (Å²) in [6.45, 7) is 37.1. The average Bonchev–Trinajstić information content (AvgIpc) is 1.52. The molecule has 25 rings (SSSR count). The lowest BCUT2D eigenvalue weighted by atomic mass is 9.62. The molecule has 1 saturated carbocycles. The fraction of sp³-hybridized carbons (Fsp3) is 0.212. The first-order chi connectivity index (χ1) is 67.5. The summed E-state index contributed by atoms with van der Waals surface area (Å²) in [6.07, 6.45) is 4.41. The van der Waals surface area contributed by atoms with Gasteiger partial charge in [0, 0.05) is 123 Å². The molecule has 0 atom stereocenters. The number of nitrogens with zero attached hydrogens (tertiary/aromatic N) is 4. The van der Waals surface area contributed by atoms with Crippen LogP contribution in [0.15, 0.2) is 382 Å². The van der Waals surface area contributed by atoms with Crippen LogP contribution in [0.25, 0.3) is 132 Å². The van der Waals surface area contributed by atoms with Crippen LogP contribution in [0.1, 0.15) is 181 Å². The quantitative estimate of drug-likeness (QED) is 0.107. The summed E-state index contributed by atoms with van der Waals surface area (Å²) in [5.74, 6) is 0.487. The second kappa shape index (κ2) is 32.8. The van der Waals surface area contributed by atoms with Gasteiger partial charge >= 0.3 is 0 Å². The average molecular weight is 1820 g/mol. The van der Waals surface area contributed by atoms with Gasteiger partial charge in [-0.05, 0) is 281 Å². The number of benzene rings is 18. The van der Waals surface area contributed by atoms with Crippen LogP contribution >= 0.6 is 0 Å². The predicted molar refractivity (Wildman–Crippen MR) is 591 cm³/mol. The lowest BCUT2D eigenvalue weighted by molar-refractivity contribution is 0.280. The van der Waals surface area contributed by atoms with E-state index in [1.807, 2.05) is 12.1 Å². The third-order valence-corrected chi connectivity index (χ3v) is 31.2. The smallest absolute Gasteiger partial charge is 0.145 e. The second-order valence-electron chi connectivity index (χ2n) is 44.3.